The van der Waals surface area contributed by atoms with Crippen LogP contribution in [0, 0.1) is 0 Å². The van der Waals surface area contributed by atoms with Crippen LogP contribution in [0.4, 0.5) is 5.95 Å². The van der Waals surface area contributed by atoms with E-state index >= 15 is 0 Å². The van der Waals surface area contributed by atoms with E-state index in [1.54, 1.807) is 23.3 Å². The lowest BCUT2D eigenvalue weighted by Crippen LogP contribution is -2.24. The lowest BCUT2D eigenvalue weighted by atomic mass is 10.2. The lowest BCUT2D eigenvalue weighted by molar-refractivity contribution is 0.390. The summed E-state index contributed by atoms with van der Waals surface area (Å²) < 4.78 is 1.68. The fraction of sp³-hybridized carbons (Fsp3) is 0.500. The average Bonchev–Trinajstić information content (AvgIpc) is 2.89. The SMILES string of the molecule is CC(CCN(C)C)Nc1nc(Cl)nc(-n2ccnc2)n1. The topological polar surface area (TPSA) is 71.8 Å². The molecule has 108 valence electrons. The summed E-state index contributed by atoms with van der Waals surface area (Å²) in [5.74, 6) is 0.921. The number of aromatic nitrogens is 5. The van der Waals surface area contributed by atoms with Crippen LogP contribution in [0.1, 0.15) is 13.3 Å². The van der Waals surface area contributed by atoms with Crippen molar-refractivity contribution >= 4 is 17.5 Å². The summed E-state index contributed by atoms with van der Waals surface area (Å²) in [6.07, 6.45) is 6.01. The molecule has 0 bridgehead atoms. The molecule has 0 aliphatic heterocycles. The molecule has 2 heterocycles. The Morgan fingerprint density at radius 2 is 2.15 bits per heavy atom. The molecule has 0 aromatic carbocycles. The molecule has 2 aromatic heterocycles. The molecule has 0 fully saturated rings. The third-order valence-electron chi connectivity index (χ3n) is 2.72. The van der Waals surface area contributed by atoms with E-state index in [1.165, 1.54) is 0 Å². The fourth-order valence-electron chi connectivity index (χ4n) is 1.64. The van der Waals surface area contributed by atoms with E-state index in [1.807, 2.05) is 14.1 Å². The van der Waals surface area contributed by atoms with Gasteiger partial charge in [0.25, 0.3) is 0 Å². The standard InChI is InChI=1S/C12H18ClN7/c1-9(4-6-19(2)3)15-11-16-10(13)17-12(18-11)20-7-5-14-8-20/h5,7-9H,4,6H2,1-3H3,(H,15,16,17,18). The van der Waals surface area contributed by atoms with Crippen molar-refractivity contribution in [3.63, 3.8) is 0 Å². The number of rotatable bonds is 6. The van der Waals surface area contributed by atoms with E-state index < -0.39 is 0 Å². The van der Waals surface area contributed by atoms with Gasteiger partial charge in [0.2, 0.25) is 17.2 Å². The van der Waals surface area contributed by atoms with Crippen LogP contribution >= 0.6 is 11.6 Å². The van der Waals surface area contributed by atoms with Crippen molar-refractivity contribution < 1.29 is 0 Å². The molecule has 0 radical (unpaired) electrons. The molecule has 0 amide bonds. The molecule has 0 spiro atoms. The molecule has 0 saturated heterocycles. The summed E-state index contributed by atoms with van der Waals surface area (Å²) in [4.78, 5) is 18.6. The second-order valence-corrected chi connectivity index (χ2v) is 5.17. The number of hydrogen-bond donors (Lipinski definition) is 1. The molecule has 20 heavy (non-hydrogen) atoms. The van der Waals surface area contributed by atoms with Gasteiger partial charge in [-0.05, 0) is 45.6 Å². The summed E-state index contributed by atoms with van der Waals surface area (Å²) in [6.45, 7) is 3.07. The molecule has 7 nitrogen and oxygen atoms in total. The van der Waals surface area contributed by atoms with Gasteiger partial charge in [0.15, 0.2) is 0 Å². The minimum Gasteiger partial charge on any atom is -0.352 e. The van der Waals surface area contributed by atoms with E-state index in [4.69, 9.17) is 11.6 Å². The molecule has 2 aromatic rings. The molecule has 0 aliphatic carbocycles. The number of anilines is 1. The third kappa shape index (κ3) is 4.14. The van der Waals surface area contributed by atoms with Crippen LogP contribution in [0.5, 0.6) is 0 Å². The molecule has 0 saturated carbocycles. The van der Waals surface area contributed by atoms with Crippen molar-refractivity contribution in [2.45, 2.75) is 19.4 Å². The lowest BCUT2D eigenvalue weighted by Gasteiger charge is -2.16. The van der Waals surface area contributed by atoms with Gasteiger partial charge in [0, 0.05) is 18.4 Å². The zero-order valence-corrected chi connectivity index (χ0v) is 12.5. The van der Waals surface area contributed by atoms with Crippen LogP contribution < -0.4 is 5.32 Å². The Morgan fingerprint density at radius 1 is 1.35 bits per heavy atom. The van der Waals surface area contributed by atoms with Gasteiger partial charge in [0.05, 0.1) is 0 Å². The van der Waals surface area contributed by atoms with Crippen molar-refractivity contribution in [2.24, 2.45) is 0 Å². The molecular weight excluding hydrogens is 278 g/mol. The first-order valence-corrected chi connectivity index (χ1v) is 6.73. The Kier molecular flexibility index (Phi) is 4.86. The molecule has 1 atom stereocenters. The average molecular weight is 296 g/mol. The summed E-state index contributed by atoms with van der Waals surface area (Å²) in [5.41, 5.74) is 0. The molecule has 2 rings (SSSR count). The van der Waals surface area contributed by atoms with Crippen molar-refractivity contribution in [2.75, 3.05) is 26.0 Å². The van der Waals surface area contributed by atoms with Crippen LogP contribution in [0.25, 0.3) is 5.95 Å². The van der Waals surface area contributed by atoms with Crippen molar-refractivity contribution in [3.05, 3.63) is 24.0 Å². The normalized spacial score (nSPS) is 12.7. The largest absolute Gasteiger partial charge is 0.352 e. The Balaban J connectivity index is 2.08. The fourth-order valence-corrected chi connectivity index (χ4v) is 1.80. The second-order valence-electron chi connectivity index (χ2n) is 4.84. The molecule has 1 N–H and O–H groups in total. The maximum atomic E-state index is 5.93. The number of nitrogens with one attached hydrogen (secondary N) is 1. The van der Waals surface area contributed by atoms with Crippen LogP contribution in [0.15, 0.2) is 18.7 Å². The van der Waals surface area contributed by atoms with Crippen molar-refractivity contribution in [3.8, 4) is 5.95 Å². The van der Waals surface area contributed by atoms with E-state index in [-0.39, 0.29) is 11.3 Å². The predicted octanol–water partition coefficient (Wildman–Crippen LogP) is 1.46. The minimum absolute atomic E-state index is 0.158. The summed E-state index contributed by atoms with van der Waals surface area (Å²) in [6, 6.07) is 0.242. The minimum atomic E-state index is 0.158. The quantitative estimate of drug-likeness (QED) is 0.870. The van der Waals surface area contributed by atoms with Crippen LogP contribution in [-0.2, 0) is 0 Å². The predicted molar refractivity (Wildman–Crippen MR) is 78.2 cm³/mol. The van der Waals surface area contributed by atoms with Crippen LogP contribution in [0.2, 0.25) is 5.28 Å². The number of hydrogen-bond acceptors (Lipinski definition) is 6. The first-order valence-electron chi connectivity index (χ1n) is 6.36. The van der Waals surface area contributed by atoms with E-state index in [9.17, 15) is 0 Å². The van der Waals surface area contributed by atoms with Gasteiger partial charge in [0.1, 0.15) is 6.33 Å². The maximum absolute atomic E-state index is 5.93. The highest BCUT2D eigenvalue weighted by molar-refractivity contribution is 6.28. The summed E-state index contributed by atoms with van der Waals surface area (Å²) in [7, 11) is 4.09. The molecular formula is C12H18ClN7. The first kappa shape index (κ1) is 14.7. The summed E-state index contributed by atoms with van der Waals surface area (Å²) in [5, 5.41) is 3.39. The van der Waals surface area contributed by atoms with Crippen molar-refractivity contribution in [1.29, 1.82) is 0 Å². The van der Waals surface area contributed by atoms with E-state index in [2.05, 4.69) is 37.1 Å². The Bertz CT molecular complexity index is 541. The Hall–Kier alpha value is -1.73. The van der Waals surface area contributed by atoms with E-state index in [0.717, 1.165) is 13.0 Å². The molecule has 1 unspecified atom stereocenters. The smallest absolute Gasteiger partial charge is 0.241 e. The van der Waals surface area contributed by atoms with Crippen LogP contribution in [-0.4, -0.2) is 56.1 Å². The summed E-state index contributed by atoms with van der Waals surface area (Å²) >= 11 is 5.93. The monoisotopic (exact) mass is 295 g/mol. The van der Waals surface area contributed by atoms with Gasteiger partial charge < -0.3 is 10.2 Å². The molecule has 0 aliphatic rings. The highest BCUT2D eigenvalue weighted by Gasteiger charge is 2.09. The zero-order chi connectivity index (χ0) is 14.5. The Labute approximate surface area is 123 Å². The number of imidazole rings is 1. The Morgan fingerprint density at radius 3 is 2.80 bits per heavy atom. The molecule has 8 heteroatoms. The van der Waals surface area contributed by atoms with Gasteiger partial charge in [-0.15, -0.1) is 0 Å². The number of nitrogens with zero attached hydrogens (tertiary/aromatic N) is 6. The highest BCUT2D eigenvalue weighted by Crippen LogP contribution is 2.11. The zero-order valence-electron chi connectivity index (χ0n) is 11.8. The van der Waals surface area contributed by atoms with Gasteiger partial charge >= 0.3 is 0 Å². The van der Waals surface area contributed by atoms with Gasteiger partial charge in [-0.1, -0.05) is 0 Å². The van der Waals surface area contributed by atoms with Gasteiger partial charge in [-0.25, -0.2) is 4.98 Å². The van der Waals surface area contributed by atoms with Crippen LogP contribution in [0.3, 0.4) is 0 Å². The highest BCUT2D eigenvalue weighted by atomic mass is 35.5. The maximum Gasteiger partial charge on any atom is 0.241 e. The van der Waals surface area contributed by atoms with Gasteiger partial charge in [-0.3, -0.25) is 4.57 Å². The van der Waals surface area contributed by atoms with Gasteiger partial charge in [-0.2, -0.15) is 15.0 Å². The third-order valence-corrected chi connectivity index (χ3v) is 2.89. The number of halogens is 1. The van der Waals surface area contributed by atoms with Crippen molar-refractivity contribution in [1.82, 2.24) is 29.4 Å². The van der Waals surface area contributed by atoms with E-state index in [0.29, 0.717) is 11.9 Å². The second kappa shape index (κ2) is 6.62. The first-order chi connectivity index (χ1) is 9.54.